The minimum Gasteiger partial charge on any atom is -0.744 e. The fourth-order valence-corrected chi connectivity index (χ4v) is 5.90. The summed E-state index contributed by atoms with van der Waals surface area (Å²) in [5, 5.41) is 0. The standard InChI is InChI=1S/C30H54NO3.C7H8O3S/c1-2-3-4-5-6-7-8-9-10-11-12-13-17-22-30-33-28-29(34-30)27-32-26-21-15-14-18-23-31-24-19-16-20-25-31;1-6-2-4-7(5-3-6)11(8,9)10/h16,19-20,24-25,29-30H,2-15,17-18,21-23,26-28H2,1H3;2-5H,1H3,(H,8,9,10)/q+1;/p-1/t29-,30-;/m0./s1. The summed E-state index contributed by atoms with van der Waals surface area (Å²) in [6, 6.07) is 12.0. The predicted octanol–water partition coefficient (Wildman–Crippen LogP) is 8.67. The van der Waals surface area contributed by atoms with Gasteiger partial charge in [-0.25, -0.2) is 13.0 Å². The second-order valence-electron chi connectivity index (χ2n) is 12.4. The average Bonchev–Trinajstić information content (AvgIpc) is 3.49. The summed E-state index contributed by atoms with van der Waals surface area (Å²) in [5.74, 6) is 0. The number of aromatic nitrogens is 1. The second kappa shape index (κ2) is 25.3. The predicted molar refractivity (Wildman–Crippen MR) is 180 cm³/mol. The van der Waals surface area contributed by atoms with E-state index in [9.17, 15) is 13.0 Å². The summed E-state index contributed by atoms with van der Waals surface area (Å²) >= 11 is 0. The van der Waals surface area contributed by atoms with E-state index in [4.69, 9.17) is 14.2 Å². The molecule has 0 saturated carbocycles. The molecule has 2 aromatic rings. The molecule has 7 nitrogen and oxygen atoms in total. The largest absolute Gasteiger partial charge is 0.744 e. The molecule has 1 aliphatic rings. The van der Waals surface area contributed by atoms with Crippen LogP contribution in [-0.4, -0.2) is 45.2 Å². The molecule has 1 saturated heterocycles. The van der Waals surface area contributed by atoms with Crippen LogP contribution in [0.3, 0.4) is 0 Å². The molecular formula is C37H61NO6S. The van der Waals surface area contributed by atoms with Gasteiger partial charge in [0.15, 0.2) is 18.7 Å². The van der Waals surface area contributed by atoms with Gasteiger partial charge in [0, 0.05) is 25.2 Å². The molecule has 0 spiro atoms. The average molecular weight is 648 g/mol. The Kier molecular flexibility index (Phi) is 22.1. The summed E-state index contributed by atoms with van der Waals surface area (Å²) in [6.45, 7) is 7.42. The van der Waals surface area contributed by atoms with E-state index in [-0.39, 0.29) is 17.3 Å². The first-order valence-corrected chi connectivity index (χ1v) is 19.1. The number of ether oxygens (including phenoxy) is 3. The lowest BCUT2D eigenvalue weighted by molar-refractivity contribution is -0.697. The number of hydrogen-bond donors (Lipinski definition) is 0. The first-order valence-electron chi connectivity index (χ1n) is 17.7. The Morgan fingerprint density at radius 2 is 1.33 bits per heavy atom. The van der Waals surface area contributed by atoms with Gasteiger partial charge in [-0.05, 0) is 44.7 Å². The maximum atomic E-state index is 10.4. The Labute approximate surface area is 274 Å². The van der Waals surface area contributed by atoms with Gasteiger partial charge < -0.3 is 18.8 Å². The van der Waals surface area contributed by atoms with Gasteiger partial charge in [0.25, 0.3) is 0 Å². The minimum atomic E-state index is -4.27. The fourth-order valence-electron chi connectivity index (χ4n) is 5.43. The number of nitrogens with zero attached hydrogens (tertiary/aromatic N) is 1. The second-order valence-corrected chi connectivity index (χ2v) is 13.8. The van der Waals surface area contributed by atoms with E-state index < -0.39 is 10.1 Å². The highest BCUT2D eigenvalue weighted by molar-refractivity contribution is 7.85. The molecule has 1 fully saturated rings. The Morgan fingerprint density at radius 3 is 1.93 bits per heavy atom. The molecule has 2 heterocycles. The van der Waals surface area contributed by atoms with E-state index >= 15 is 0 Å². The van der Waals surface area contributed by atoms with E-state index in [2.05, 4.69) is 42.1 Å². The monoisotopic (exact) mass is 647 g/mol. The van der Waals surface area contributed by atoms with Crippen LogP contribution < -0.4 is 4.57 Å². The number of benzene rings is 1. The van der Waals surface area contributed by atoms with E-state index in [1.165, 1.54) is 115 Å². The lowest BCUT2D eigenvalue weighted by atomic mass is 10.0. The topological polar surface area (TPSA) is 88.8 Å². The van der Waals surface area contributed by atoms with Gasteiger partial charge in [0.1, 0.15) is 22.8 Å². The van der Waals surface area contributed by atoms with Crippen molar-refractivity contribution in [2.75, 3.05) is 19.8 Å². The van der Waals surface area contributed by atoms with Crippen molar-refractivity contribution in [3.8, 4) is 0 Å². The third-order valence-electron chi connectivity index (χ3n) is 8.20. The van der Waals surface area contributed by atoms with Gasteiger partial charge in [-0.3, -0.25) is 0 Å². The summed E-state index contributed by atoms with van der Waals surface area (Å²) < 4.78 is 51.1. The Balaban J connectivity index is 0.000000537. The van der Waals surface area contributed by atoms with E-state index in [1.807, 2.05) is 6.92 Å². The first-order chi connectivity index (χ1) is 21.9. The van der Waals surface area contributed by atoms with Crippen LogP contribution in [0.4, 0.5) is 0 Å². The van der Waals surface area contributed by atoms with Crippen molar-refractivity contribution in [1.82, 2.24) is 0 Å². The summed E-state index contributed by atoms with van der Waals surface area (Å²) in [4.78, 5) is -0.178. The van der Waals surface area contributed by atoms with Gasteiger partial charge >= 0.3 is 0 Å². The number of aryl methyl sites for hydroxylation is 2. The van der Waals surface area contributed by atoms with E-state index in [1.54, 1.807) is 12.1 Å². The molecule has 0 unspecified atom stereocenters. The highest BCUT2D eigenvalue weighted by atomic mass is 32.2. The number of rotatable bonds is 24. The van der Waals surface area contributed by atoms with Crippen molar-refractivity contribution in [1.29, 1.82) is 0 Å². The highest BCUT2D eigenvalue weighted by Crippen LogP contribution is 2.19. The maximum Gasteiger partial charge on any atom is 0.168 e. The molecule has 256 valence electrons. The lowest BCUT2D eigenvalue weighted by Crippen LogP contribution is -2.32. The van der Waals surface area contributed by atoms with Gasteiger partial charge in [-0.15, -0.1) is 0 Å². The van der Waals surface area contributed by atoms with Crippen molar-refractivity contribution >= 4 is 10.1 Å². The van der Waals surface area contributed by atoms with Crippen molar-refractivity contribution in [3.05, 3.63) is 60.4 Å². The SMILES string of the molecule is CCCCCCCCCCCCCCC[C@H]1OC[C@H](COCCCCCC[n+]2ccccc2)O1.Cc1ccc(S(=O)(=O)[O-])cc1. The lowest BCUT2D eigenvalue weighted by Gasteiger charge is -2.12. The zero-order valence-corrected chi connectivity index (χ0v) is 29.0. The molecular weight excluding hydrogens is 586 g/mol. The fraction of sp³-hybridized carbons (Fsp3) is 0.703. The van der Waals surface area contributed by atoms with Gasteiger partial charge in [-0.1, -0.05) is 114 Å². The molecule has 8 heteroatoms. The molecule has 1 aromatic heterocycles. The van der Waals surface area contributed by atoms with Crippen molar-refractivity contribution in [2.45, 2.75) is 153 Å². The van der Waals surface area contributed by atoms with Crippen LogP contribution in [0, 0.1) is 6.92 Å². The molecule has 45 heavy (non-hydrogen) atoms. The van der Waals surface area contributed by atoms with Crippen LogP contribution >= 0.6 is 0 Å². The van der Waals surface area contributed by atoms with E-state index in [0.29, 0.717) is 13.2 Å². The van der Waals surface area contributed by atoms with Crippen LogP contribution in [0.15, 0.2) is 59.8 Å². The number of unbranched alkanes of at least 4 members (excludes halogenated alkanes) is 15. The highest BCUT2D eigenvalue weighted by Gasteiger charge is 2.25. The van der Waals surface area contributed by atoms with Crippen molar-refractivity contribution < 1.29 is 31.7 Å². The normalized spacial score (nSPS) is 16.4. The van der Waals surface area contributed by atoms with Gasteiger partial charge in [-0.2, -0.15) is 0 Å². The number of pyridine rings is 1. The van der Waals surface area contributed by atoms with Crippen LogP contribution in [-0.2, 0) is 30.9 Å². The number of hydrogen-bond acceptors (Lipinski definition) is 6. The zero-order valence-electron chi connectivity index (χ0n) is 28.2. The molecule has 3 rings (SSSR count). The van der Waals surface area contributed by atoms with Crippen molar-refractivity contribution in [2.24, 2.45) is 0 Å². The molecule has 0 bridgehead atoms. The Hall–Kier alpha value is -1.84. The molecule has 1 aromatic carbocycles. The first kappa shape index (κ1) is 39.3. The Morgan fingerprint density at radius 1 is 0.778 bits per heavy atom. The van der Waals surface area contributed by atoms with Gasteiger partial charge in [0.2, 0.25) is 0 Å². The Bertz CT molecular complexity index is 1060. The summed E-state index contributed by atoms with van der Waals surface area (Å²) in [7, 11) is -4.27. The quantitative estimate of drug-likeness (QED) is 0.0644. The van der Waals surface area contributed by atoms with Crippen LogP contribution in [0.25, 0.3) is 0 Å². The molecule has 0 amide bonds. The summed E-state index contributed by atoms with van der Waals surface area (Å²) in [5.41, 5.74) is 0.928. The van der Waals surface area contributed by atoms with Crippen LogP contribution in [0.5, 0.6) is 0 Å². The van der Waals surface area contributed by atoms with Crippen LogP contribution in [0.2, 0.25) is 0 Å². The van der Waals surface area contributed by atoms with E-state index in [0.717, 1.165) is 31.6 Å². The van der Waals surface area contributed by atoms with Crippen molar-refractivity contribution in [3.63, 3.8) is 0 Å². The molecule has 1 aliphatic heterocycles. The maximum absolute atomic E-state index is 10.4. The smallest absolute Gasteiger partial charge is 0.168 e. The third-order valence-corrected chi connectivity index (χ3v) is 9.05. The summed E-state index contributed by atoms with van der Waals surface area (Å²) in [6.07, 6.45) is 28.4. The zero-order chi connectivity index (χ0) is 32.4. The molecule has 2 atom stereocenters. The molecule has 0 N–H and O–H groups in total. The van der Waals surface area contributed by atoms with Gasteiger partial charge in [0.05, 0.1) is 18.1 Å². The molecule has 0 radical (unpaired) electrons. The van der Waals surface area contributed by atoms with Crippen LogP contribution in [0.1, 0.15) is 128 Å². The molecule has 0 aliphatic carbocycles. The minimum absolute atomic E-state index is 0.00297. The third kappa shape index (κ3) is 20.8.